The molecule has 0 aliphatic heterocycles. The first-order valence-electron chi connectivity index (χ1n) is 11.1. The predicted octanol–water partition coefficient (Wildman–Crippen LogP) is 5.26. The summed E-state index contributed by atoms with van der Waals surface area (Å²) in [5, 5.41) is 0. The van der Waals surface area contributed by atoms with Crippen molar-refractivity contribution in [1.82, 2.24) is 0 Å². The fourth-order valence-corrected chi connectivity index (χ4v) is 8.30. The summed E-state index contributed by atoms with van der Waals surface area (Å²) < 4.78 is 17.1. The molecule has 0 N–H and O–H groups in total. The fraction of sp³-hybridized carbons (Fsp3) is 0.875. The summed E-state index contributed by atoms with van der Waals surface area (Å²) in [6, 6.07) is 0. The highest BCUT2D eigenvalue weighted by Gasteiger charge is 2.67. The van der Waals surface area contributed by atoms with E-state index in [9.17, 15) is 4.79 Å². The molecule has 4 heteroatoms. The van der Waals surface area contributed by atoms with Crippen LogP contribution in [-0.2, 0) is 19.0 Å². The van der Waals surface area contributed by atoms with Crippen molar-refractivity contribution in [2.24, 2.45) is 28.1 Å². The number of esters is 1. The lowest BCUT2D eigenvalue weighted by Gasteiger charge is -2.64. The van der Waals surface area contributed by atoms with Gasteiger partial charge >= 0.3 is 5.97 Å². The van der Waals surface area contributed by atoms with Crippen LogP contribution in [0.5, 0.6) is 0 Å². The van der Waals surface area contributed by atoms with Crippen LogP contribution in [0.1, 0.15) is 78.6 Å². The second-order valence-electron chi connectivity index (χ2n) is 10.8. The topological polar surface area (TPSA) is 44.8 Å². The van der Waals surface area contributed by atoms with Crippen molar-refractivity contribution in [1.29, 1.82) is 0 Å². The predicted molar refractivity (Wildman–Crippen MR) is 109 cm³/mol. The lowest BCUT2D eigenvalue weighted by molar-refractivity contribution is -0.194. The number of fused-ring (bicyclic) bond motifs is 3. The molecule has 2 bridgehead atoms. The van der Waals surface area contributed by atoms with Crippen molar-refractivity contribution in [3.8, 4) is 0 Å². The minimum Gasteiger partial charge on any atom is -0.465 e. The van der Waals surface area contributed by atoms with E-state index in [4.69, 9.17) is 14.2 Å². The van der Waals surface area contributed by atoms with Crippen LogP contribution >= 0.6 is 0 Å². The first-order valence-corrected chi connectivity index (χ1v) is 11.1. The molecular formula is C24H38O4. The van der Waals surface area contributed by atoms with Crippen molar-refractivity contribution < 1.29 is 19.0 Å². The second-order valence-corrected chi connectivity index (χ2v) is 10.8. The van der Waals surface area contributed by atoms with E-state index in [0.717, 1.165) is 19.3 Å². The minimum absolute atomic E-state index is 0.108. The first kappa shape index (κ1) is 20.4. The summed E-state index contributed by atoms with van der Waals surface area (Å²) in [4.78, 5) is 11.5. The van der Waals surface area contributed by atoms with Crippen LogP contribution in [0.4, 0.5) is 0 Å². The third-order valence-corrected chi connectivity index (χ3v) is 9.31. The third kappa shape index (κ3) is 2.89. The van der Waals surface area contributed by atoms with Crippen molar-refractivity contribution in [2.75, 3.05) is 20.5 Å². The molecule has 0 amide bonds. The summed E-state index contributed by atoms with van der Waals surface area (Å²) in [7, 11) is 1.70. The van der Waals surface area contributed by atoms with Gasteiger partial charge in [-0.15, -0.1) is 0 Å². The molecule has 0 saturated heterocycles. The minimum atomic E-state index is -0.161. The normalized spacial score (nSPS) is 47.4. The lowest BCUT2D eigenvalue weighted by atomic mass is 9.41. The van der Waals surface area contributed by atoms with Crippen molar-refractivity contribution in [2.45, 2.75) is 84.2 Å². The Morgan fingerprint density at radius 3 is 2.61 bits per heavy atom. The number of hydrogen-bond acceptors (Lipinski definition) is 4. The lowest BCUT2D eigenvalue weighted by Crippen LogP contribution is -2.58. The van der Waals surface area contributed by atoms with Crippen molar-refractivity contribution in [3.05, 3.63) is 12.2 Å². The van der Waals surface area contributed by atoms with Gasteiger partial charge in [0.15, 0.2) is 0 Å². The maximum atomic E-state index is 11.5. The molecule has 0 aromatic rings. The highest BCUT2D eigenvalue weighted by molar-refractivity contribution is 5.65. The average Bonchev–Trinajstić information content (AvgIpc) is 2.84. The van der Waals surface area contributed by atoms with Crippen LogP contribution < -0.4 is 0 Å². The van der Waals surface area contributed by atoms with Crippen molar-refractivity contribution >= 4 is 5.97 Å². The molecule has 4 fully saturated rings. The largest absolute Gasteiger partial charge is 0.465 e. The monoisotopic (exact) mass is 390 g/mol. The second kappa shape index (κ2) is 6.84. The molecule has 4 rings (SSSR count). The Morgan fingerprint density at radius 2 is 1.89 bits per heavy atom. The summed E-state index contributed by atoms with van der Waals surface area (Å²) in [6.45, 7) is 11.9. The molecule has 4 saturated carbocycles. The van der Waals surface area contributed by atoms with Gasteiger partial charge in [0, 0.05) is 19.4 Å². The van der Waals surface area contributed by atoms with Gasteiger partial charge in [-0.05, 0) is 79.6 Å². The quantitative estimate of drug-likeness (QED) is 0.365. The van der Waals surface area contributed by atoms with E-state index in [1.807, 2.05) is 0 Å². The fourth-order valence-electron chi connectivity index (χ4n) is 8.30. The van der Waals surface area contributed by atoms with Gasteiger partial charge in [-0.3, -0.25) is 4.79 Å². The van der Waals surface area contributed by atoms with Crippen molar-refractivity contribution in [3.63, 3.8) is 0 Å². The molecule has 4 aliphatic carbocycles. The Bertz CT molecular complexity index is 659. The van der Waals surface area contributed by atoms with E-state index in [0.29, 0.717) is 36.1 Å². The Labute approximate surface area is 170 Å². The highest BCUT2D eigenvalue weighted by atomic mass is 16.7. The Hall–Kier alpha value is -0.870. The smallest absolute Gasteiger partial charge is 0.302 e. The molecule has 4 nitrogen and oxygen atoms in total. The Kier molecular flexibility index (Phi) is 4.98. The van der Waals surface area contributed by atoms with Gasteiger partial charge in [0.1, 0.15) is 6.79 Å². The number of methoxy groups -OCH3 is 1. The zero-order chi connectivity index (χ0) is 20.2. The first-order chi connectivity index (χ1) is 13.2. The molecule has 0 heterocycles. The maximum Gasteiger partial charge on any atom is 0.302 e. The van der Waals surface area contributed by atoms with Gasteiger partial charge in [-0.25, -0.2) is 0 Å². The molecule has 4 aliphatic rings. The Morgan fingerprint density at radius 1 is 1.14 bits per heavy atom. The number of carbonyl (C=O) groups excluding carboxylic acids is 1. The molecule has 1 spiro atoms. The number of rotatable bonds is 5. The molecule has 158 valence electrons. The van der Waals surface area contributed by atoms with Gasteiger partial charge < -0.3 is 14.2 Å². The standard InChI is InChI=1S/C24H38O4/c1-17-13-23-11-7-19-21(3,15-27-18(2)25)9-6-10-22(19,4)20(23)8-12-24(17,14-23)28-16-26-5/h19-20H,1,6-16H2,2-5H3/t19-,20+,21+,22-,23-,24+/m1/s1. The molecule has 6 atom stereocenters. The van der Waals surface area contributed by atoms with Gasteiger partial charge in [-0.1, -0.05) is 26.8 Å². The SMILES string of the molecule is C=C1C[C@@]23CC[C@@H]4[C@](C)(COC(C)=O)CCC[C@@]4(C)[C@@H]2CC[C@]1(OCOC)C3. The van der Waals surface area contributed by atoms with Gasteiger partial charge in [0.05, 0.1) is 12.2 Å². The summed E-state index contributed by atoms with van der Waals surface area (Å²) >= 11 is 0. The van der Waals surface area contributed by atoms with E-state index in [1.165, 1.54) is 51.0 Å². The molecule has 0 aromatic heterocycles. The van der Waals surface area contributed by atoms with Gasteiger partial charge in [0.25, 0.3) is 0 Å². The van der Waals surface area contributed by atoms with Gasteiger partial charge in [0.2, 0.25) is 0 Å². The van der Waals surface area contributed by atoms with Crippen LogP contribution in [0.3, 0.4) is 0 Å². The van der Waals surface area contributed by atoms with Crippen LogP contribution in [0, 0.1) is 28.1 Å². The van der Waals surface area contributed by atoms with E-state index in [-0.39, 0.29) is 17.0 Å². The average molecular weight is 391 g/mol. The van der Waals surface area contributed by atoms with E-state index < -0.39 is 0 Å². The molecule has 28 heavy (non-hydrogen) atoms. The number of carbonyl (C=O) groups is 1. The highest BCUT2D eigenvalue weighted by Crippen LogP contribution is 2.73. The van der Waals surface area contributed by atoms with E-state index in [1.54, 1.807) is 7.11 Å². The zero-order valence-corrected chi connectivity index (χ0v) is 18.3. The van der Waals surface area contributed by atoms with E-state index in [2.05, 4.69) is 20.4 Å². The zero-order valence-electron chi connectivity index (χ0n) is 18.3. The number of ether oxygens (including phenoxy) is 3. The summed E-state index contributed by atoms with van der Waals surface area (Å²) in [5.41, 5.74) is 1.91. The van der Waals surface area contributed by atoms with Gasteiger partial charge in [-0.2, -0.15) is 0 Å². The van der Waals surface area contributed by atoms with Crippen LogP contribution in [-0.4, -0.2) is 32.1 Å². The third-order valence-electron chi connectivity index (χ3n) is 9.31. The van der Waals surface area contributed by atoms with Crippen LogP contribution in [0.2, 0.25) is 0 Å². The van der Waals surface area contributed by atoms with Crippen LogP contribution in [0.15, 0.2) is 12.2 Å². The summed E-state index contributed by atoms with van der Waals surface area (Å²) in [5.74, 6) is 1.20. The molecule has 0 radical (unpaired) electrons. The number of hydrogen-bond donors (Lipinski definition) is 0. The molecule has 0 unspecified atom stereocenters. The molecular weight excluding hydrogens is 352 g/mol. The summed E-state index contributed by atoms with van der Waals surface area (Å²) in [6.07, 6.45) is 10.7. The van der Waals surface area contributed by atoms with E-state index >= 15 is 0 Å². The van der Waals surface area contributed by atoms with Crippen LogP contribution in [0.25, 0.3) is 0 Å². The maximum absolute atomic E-state index is 11.5. The molecule has 0 aromatic carbocycles. The Balaban J connectivity index is 1.61.